The minimum absolute atomic E-state index is 0.124. The highest BCUT2D eigenvalue weighted by Gasteiger charge is 2.31. The van der Waals surface area contributed by atoms with Crippen molar-refractivity contribution in [3.8, 4) is 0 Å². The molecule has 0 aliphatic carbocycles. The Hall–Kier alpha value is -0.940. The van der Waals surface area contributed by atoms with Crippen LogP contribution in [0, 0.1) is 0 Å². The molecule has 0 unspecified atom stereocenters. The quantitative estimate of drug-likeness (QED) is 0.851. The third-order valence-electron chi connectivity index (χ3n) is 2.94. The van der Waals surface area contributed by atoms with Crippen molar-refractivity contribution in [2.24, 2.45) is 0 Å². The van der Waals surface area contributed by atoms with Gasteiger partial charge in [-0.05, 0) is 51.5 Å². The highest BCUT2D eigenvalue weighted by molar-refractivity contribution is 6.30. The second kappa shape index (κ2) is 6.88. The maximum Gasteiger partial charge on any atom is 0.405 e. The van der Waals surface area contributed by atoms with E-state index in [2.05, 4.69) is 5.32 Å². The van der Waals surface area contributed by atoms with Gasteiger partial charge >= 0.3 is 6.18 Å². The molecule has 0 atom stereocenters. The van der Waals surface area contributed by atoms with E-state index in [0.29, 0.717) is 17.3 Å². The molecule has 1 rings (SSSR count). The zero-order valence-electron chi connectivity index (χ0n) is 12.8. The number of benzene rings is 1. The summed E-state index contributed by atoms with van der Waals surface area (Å²) in [7, 11) is 0. The van der Waals surface area contributed by atoms with Gasteiger partial charge in [0.05, 0.1) is 0 Å². The van der Waals surface area contributed by atoms with Crippen molar-refractivity contribution in [1.29, 1.82) is 0 Å². The molecule has 0 saturated heterocycles. The number of halogens is 4. The summed E-state index contributed by atoms with van der Waals surface area (Å²) in [6.45, 7) is 7.51. The van der Waals surface area contributed by atoms with Gasteiger partial charge in [-0.2, -0.15) is 13.2 Å². The lowest BCUT2D eigenvalue weighted by molar-refractivity contribution is -0.119. The standard InChI is InChI=1S/C15H22ClF3N2/c1-5-21(10-15(17,18)19)13-7-6-12(16)8-11(13)9-20-14(2,3)4/h6-8,20H,5,9-10H2,1-4H3. The zero-order valence-corrected chi connectivity index (χ0v) is 13.6. The van der Waals surface area contributed by atoms with Crippen LogP contribution in [0.3, 0.4) is 0 Å². The molecule has 0 aliphatic rings. The molecule has 0 aromatic heterocycles. The summed E-state index contributed by atoms with van der Waals surface area (Å²) >= 11 is 5.98. The first-order valence-electron chi connectivity index (χ1n) is 6.87. The number of hydrogen-bond acceptors (Lipinski definition) is 2. The van der Waals surface area contributed by atoms with E-state index >= 15 is 0 Å². The number of anilines is 1. The van der Waals surface area contributed by atoms with Crippen LogP contribution >= 0.6 is 11.6 Å². The van der Waals surface area contributed by atoms with Crippen LogP contribution in [-0.4, -0.2) is 24.8 Å². The lowest BCUT2D eigenvalue weighted by Crippen LogP contribution is -2.37. The maximum atomic E-state index is 12.7. The smallest absolute Gasteiger partial charge is 0.363 e. The van der Waals surface area contributed by atoms with Crippen molar-refractivity contribution in [3.05, 3.63) is 28.8 Å². The van der Waals surface area contributed by atoms with E-state index in [1.165, 1.54) is 4.90 Å². The fraction of sp³-hybridized carbons (Fsp3) is 0.600. The van der Waals surface area contributed by atoms with Crippen LogP contribution in [0.2, 0.25) is 5.02 Å². The molecule has 0 heterocycles. The van der Waals surface area contributed by atoms with Crippen molar-refractivity contribution < 1.29 is 13.2 Å². The van der Waals surface area contributed by atoms with Crippen molar-refractivity contribution in [1.82, 2.24) is 5.32 Å². The Labute approximate surface area is 129 Å². The van der Waals surface area contributed by atoms with Gasteiger partial charge in [-0.25, -0.2) is 0 Å². The van der Waals surface area contributed by atoms with Gasteiger partial charge in [0.2, 0.25) is 0 Å². The van der Waals surface area contributed by atoms with E-state index in [1.54, 1.807) is 25.1 Å². The molecule has 0 fully saturated rings. The third kappa shape index (κ3) is 6.57. The predicted octanol–water partition coefficient (Wildman–Crippen LogP) is 4.62. The van der Waals surface area contributed by atoms with E-state index < -0.39 is 12.7 Å². The van der Waals surface area contributed by atoms with Gasteiger partial charge in [0.15, 0.2) is 0 Å². The van der Waals surface area contributed by atoms with Crippen LogP contribution in [0.4, 0.5) is 18.9 Å². The Bertz CT molecular complexity index is 467. The van der Waals surface area contributed by atoms with Crippen LogP contribution in [0.1, 0.15) is 33.3 Å². The molecule has 6 heteroatoms. The molecular weight excluding hydrogens is 301 g/mol. The Morgan fingerprint density at radius 3 is 2.29 bits per heavy atom. The highest BCUT2D eigenvalue weighted by atomic mass is 35.5. The van der Waals surface area contributed by atoms with Crippen molar-refractivity contribution in [2.45, 2.75) is 46.0 Å². The second-order valence-corrected chi connectivity index (χ2v) is 6.44. The first-order valence-corrected chi connectivity index (χ1v) is 7.25. The Morgan fingerprint density at radius 1 is 1.19 bits per heavy atom. The highest BCUT2D eigenvalue weighted by Crippen LogP contribution is 2.28. The van der Waals surface area contributed by atoms with Crippen LogP contribution in [0.25, 0.3) is 0 Å². The van der Waals surface area contributed by atoms with Crippen molar-refractivity contribution >= 4 is 17.3 Å². The van der Waals surface area contributed by atoms with Crippen molar-refractivity contribution in [3.63, 3.8) is 0 Å². The molecule has 1 aromatic rings. The SMILES string of the molecule is CCN(CC(F)(F)F)c1ccc(Cl)cc1CNC(C)(C)C. The lowest BCUT2D eigenvalue weighted by atomic mass is 10.1. The summed E-state index contributed by atoms with van der Waals surface area (Å²) in [6, 6.07) is 4.99. The van der Waals surface area contributed by atoms with Crippen LogP contribution in [-0.2, 0) is 6.54 Å². The fourth-order valence-corrected chi connectivity index (χ4v) is 2.14. The minimum atomic E-state index is -4.23. The van der Waals surface area contributed by atoms with Crippen LogP contribution < -0.4 is 10.2 Å². The fourth-order valence-electron chi connectivity index (χ4n) is 1.95. The normalized spacial score (nSPS) is 12.6. The molecule has 2 nitrogen and oxygen atoms in total. The summed E-state index contributed by atoms with van der Waals surface area (Å²) in [5.41, 5.74) is 1.21. The summed E-state index contributed by atoms with van der Waals surface area (Å²) in [6.07, 6.45) is -4.23. The van der Waals surface area contributed by atoms with E-state index in [1.807, 2.05) is 20.8 Å². The monoisotopic (exact) mass is 322 g/mol. The van der Waals surface area contributed by atoms with Crippen molar-refractivity contribution in [2.75, 3.05) is 18.0 Å². The number of nitrogens with zero attached hydrogens (tertiary/aromatic N) is 1. The topological polar surface area (TPSA) is 15.3 Å². The third-order valence-corrected chi connectivity index (χ3v) is 3.18. The molecule has 0 bridgehead atoms. The minimum Gasteiger partial charge on any atom is -0.363 e. The van der Waals surface area contributed by atoms with Crippen LogP contribution in [0.5, 0.6) is 0 Å². The largest absolute Gasteiger partial charge is 0.405 e. The summed E-state index contributed by atoms with van der Waals surface area (Å²) < 4.78 is 38.0. The van der Waals surface area contributed by atoms with Gasteiger partial charge in [0, 0.05) is 29.3 Å². The van der Waals surface area contributed by atoms with Gasteiger partial charge in [-0.15, -0.1) is 0 Å². The lowest BCUT2D eigenvalue weighted by Gasteiger charge is -2.28. The maximum absolute atomic E-state index is 12.7. The number of nitrogens with one attached hydrogen (secondary N) is 1. The molecule has 21 heavy (non-hydrogen) atoms. The summed E-state index contributed by atoms with van der Waals surface area (Å²) in [5.74, 6) is 0. The second-order valence-electron chi connectivity index (χ2n) is 6.01. The van der Waals surface area contributed by atoms with E-state index in [4.69, 9.17) is 11.6 Å². The van der Waals surface area contributed by atoms with Gasteiger partial charge in [0.1, 0.15) is 6.54 Å². The van der Waals surface area contributed by atoms with Gasteiger partial charge in [0.25, 0.3) is 0 Å². The van der Waals surface area contributed by atoms with Gasteiger partial charge in [-0.3, -0.25) is 0 Å². The number of hydrogen-bond donors (Lipinski definition) is 1. The average Bonchev–Trinajstić information content (AvgIpc) is 2.32. The Balaban J connectivity index is 3.04. The van der Waals surface area contributed by atoms with Crippen LogP contribution in [0.15, 0.2) is 18.2 Å². The first-order chi connectivity index (χ1) is 9.52. The van der Waals surface area contributed by atoms with Gasteiger partial charge in [-0.1, -0.05) is 11.6 Å². The van der Waals surface area contributed by atoms with Gasteiger partial charge < -0.3 is 10.2 Å². The number of rotatable bonds is 5. The Morgan fingerprint density at radius 2 is 1.81 bits per heavy atom. The molecule has 0 spiro atoms. The summed E-state index contributed by atoms with van der Waals surface area (Å²) in [5, 5.41) is 3.80. The molecular formula is C15H22ClF3N2. The average molecular weight is 323 g/mol. The van der Waals surface area contributed by atoms with E-state index in [9.17, 15) is 13.2 Å². The molecule has 0 saturated carbocycles. The first kappa shape index (κ1) is 18.1. The number of alkyl halides is 3. The predicted molar refractivity (Wildman–Crippen MR) is 82.0 cm³/mol. The molecule has 0 aliphatic heterocycles. The van der Waals surface area contributed by atoms with E-state index in [-0.39, 0.29) is 12.1 Å². The summed E-state index contributed by atoms with van der Waals surface area (Å²) in [4.78, 5) is 1.32. The zero-order chi connectivity index (χ0) is 16.3. The van der Waals surface area contributed by atoms with E-state index in [0.717, 1.165) is 5.56 Å². The molecule has 0 amide bonds. The molecule has 120 valence electrons. The molecule has 0 radical (unpaired) electrons. The molecule has 1 N–H and O–H groups in total. The molecule has 1 aromatic carbocycles. The Kier molecular flexibility index (Phi) is 5.93.